The van der Waals surface area contributed by atoms with Crippen molar-refractivity contribution in [2.75, 3.05) is 18.6 Å². The van der Waals surface area contributed by atoms with Crippen LogP contribution in [0.4, 0.5) is 4.79 Å². The van der Waals surface area contributed by atoms with Crippen LogP contribution in [0.1, 0.15) is 57.8 Å². The number of nitrogens with one attached hydrogen (secondary N) is 2. The Morgan fingerprint density at radius 2 is 1.76 bits per heavy atom. The number of thioether (sulfide) groups is 1. The summed E-state index contributed by atoms with van der Waals surface area (Å²) in [4.78, 5) is 23.5. The molecule has 21 heavy (non-hydrogen) atoms. The molecule has 0 radical (unpaired) electrons. The molecule has 0 aromatic heterocycles. The summed E-state index contributed by atoms with van der Waals surface area (Å²) >= 11 is 1.83. The number of urea groups is 1. The summed E-state index contributed by atoms with van der Waals surface area (Å²) in [5, 5.41) is 15.0. The van der Waals surface area contributed by atoms with Gasteiger partial charge >= 0.3 is 12.0 Å². The summed E-state index contributed by atoms with van der Waals surface area (Å²) in [6.45, 7) is 0.607. The molecule has 5 nitrogen and oxygen atoms in total. The Kier molecular flexibility index (Phi) is 8.57. The van der Waals surface area contributed by atoms with Crippen molar-refractivity contribution in [3.63, 3.8) is 0 Å². The highest BCUT2D eigenvalue weighted by Crippen LogP contribution is 2.27. The van der Waals surface area contributed by atoms with E-state index in [4.69, 9.17) is 0 Å². The molecule has 6 heteroatoms. The first-order valence-corrected chi connectivity index (χ1v) is 9.28. The van der Waals surface area contributed by atoms with E-state index in [0.717, 1.165) is 50.7 Å². The number of hydrogen-bond donors (Lipinski definition) is 3. The van der Waals surface area contributed by atoms with E-state index in [1.807, 2.05) is 11.8 Å². The maximum absolute atomic E-state index is 11.9. The largest absolute Gasteiger partial charge is 0.480 e. The number of hydrogen-bond acceptors (Lipinski definition) is 3. The van der Waals surface area contributed by atoms with Crippen LogP contribution in [0.25, 0.3) is 0 Å². The molecule has 2 amide bonds. The van der Waals surface area contributed by atoms with E-state index in [0.29, 0.717) is 19.4 Å². The van der Waals surface area contributed by atoms with Crippen molar-refractivity contribution in [2.45, 2.75) is 63.3 Å². The van der Waals surface area contributed by atoms with Gasteiger partial charge in [-0.3, -0.25) is 0 Å². The van der Waals surface area contributed by atoms with Crippen LogP contribution in [0.15, 0.2) is 0 Å². The summed E-state index contributed by atoms with van der Waals surface area (Å²) in [5.41, 5.74) is -1.07. The Hall–Kier alpha value is -0.910. The Labute approximate surface area is 131 Å². The predicted molar refractivity (Wildman–Crippen MR) is 86.8 cm³/mol. The first kappa shape index (κ1) is 18.1. The van der Waals surface area contributed by atoms with Crippen molar-refractivity contribution >= 4 is 23.8 Å². The third-order valence-electron chi connectivity index (χ3n) is 4.03. The Morgan fingerprint density at radius 1 is 1.10 bits per heavy atom. The number of carboxylic acids is 1. The molecule has 0 heterocycles. The van der Waals surface area contributed by atoms with Gasteiger partial charge in [0, 0.05) is 6.54 Å². The van der Waals surface area contributed by atoms with Crippen LogP contribution in [0.5, 0.6) is 0 Å². The van der Waals surface area contributed by atoms with Crippen LogP contribution in [0.2, 0.25) is 0 Å². The molecule has 1 rings (SSSR count). The third-order valence-corrected chi connectivity index (χ3v) is 4.73. The molecule has 0 spiro atoms. The first-order valence-electron chi connectivity index (χ1n) is 7.89. The molecule has 0 aromatic carbocycles. The number of carbonyl (C=O) groups is 2. The predicted octanol–water partition coefficient (Wildman–Crippen LogP) is 3.00. The minimum absolute atomic E-state index is 0.343. The standard InChI is InChI=1S/C15H28N2O3S/c1-21-12-8-4-7-11-16-14(20)17-15(13(18)19)9-5-2-3-6-10-15/h2-12H2,1H3,(H,18,19)(H2,16,17,20). The lowest BCUT2D eigenvalue weighted by Crippen LogP contribution is -2.57. The quantitative estimate of drug-likeness (QED) is 0.475. The maximum atomic E-state index is 11.9. The average Bonchev–Trinajstić information content (AvgIpc) is 2.69. The summed E-state index contributed by atoms with van der Waals surface area (Å²) < 4.78 is 0. The van der Waals surface area contributed by atoms with E-state index >= 15 is 0 Å². The lowest BCUT2D eigenvalue weighted by molar-refractivity contribution is -0.145. The molecule has 0 bridgehead atoms. The highest BCUT2D eigenvalue weighted by Gasteiger charge is 2.39. The second kappa shape index (κ2) is 9.92. The normalized spacial score (nSPS) is 17.8. The molecular weight excluding hydrogens is 288 g/mol. The van der Waals surface area contributed by atoms with E-state index in [1.54, 1.807) is 0 Å². The molecule has 1 aliphatic carbocycles. The maximum Gasteiger partial charge on any atom is 0.329 e. The van der Waals surface area contributed by atoms with Gasteiger partial charge in [-0.05, 0) is 37.7 Å². The van der Waals surface area contributed by atoms with Gasteiger partial charge in [0.2, 0.25) is 0 Å². The van der Waals surface area contributed by atoms with Crippen LogP contribution in [0, 0.1) is 0 Å². The average molecular weight is 316 g/mol. The summed E-state index contributed by atoms with van der Waals surface area (Å²) in [7, 11) is 0. The minimum Gasteiger partial charge on any atom is -0.480 e. The molecule has 0 atom stereocenters. The summed E-state index contributed by atoms with van der Waals surface area (Å²) in [6.07, 6.45) is 10.2. The van der Waals surface area contributed by atoms with Gasteiger partial charge in [0.15, 0.2) is 0 Å². The molecule has 1 fully saturated rings. The second-order valence-corrected chi connectivity index (χ2v) is 6.72. The van der Waals surface area contributed by atoms with Crippen LogP contribution < -0.4 is 10.6 Å². The zero-order valence-corrected chi connectivity index (χ0v) is 13.8. The van der Waals surface area contributed by atoms with Crippen LogP contribution in [0.3, 0.4) is 0 Å². The van der Waals surface area contributed by atoms with E-state index in [-0.39, 0.29) is 6.03 Å². The number of aliphatic carboxylic acids is 1. The number of carboxylic acid groups (broad SMARTS) is 1. The fourth-order valence-electron chi connectivity index (χ4n) is 2.74. The molecule has 1 saturated carbocycles. The molecule has 3 N–H and O–H groups in total. The van der Waals surface area contributed by atoms with Crippen LogP contribution >= 0.6 is 11.8 Å². The van der Waals surface area contributed by atoms with Gasteiger partial charge in [-0.15, -0.1) is 0 Å². The zero-order valence-electron chi connectivity index (χ0n) is 13.0. The van der Waals surface area contributed by atoms with Gasteiger partial charge in [-0.2, -0.15) is 11.8 Å². The molecule has 1 aliphatic rings. The highest BCUT2D eigenvalue weighted by molar-refractivity contribution is 7.98. The third kappa shape index (κ3) is 6.59. The van der Waals surface area contributed by atoms with Gasteiger partial charge in [0.1, 0.15) is 5.54 Å². The van der Waals surface area contributed by atoms with E-state index in [2.05, 4.69) is 16.9 Å². The van der Waals surface area contributed by atoms with Crippen molar-refractivity contribution in [1.29, 1.82) is 0 Å². The monoisotopic (exact) mass is 316 g/mol. The molecule has 0 unspecified atom stereocenters. The zero-order chi connectivity index (χ0) is 15.6. The van der Waals surface area contributed by atoms with Crippen molar-refractivity contribution in [1.82, 2.24) is 10.6 Å². The van der Waals surface area contributed by atoms with Crippen molar-refractivity contribution in [2.24, 2.45) is 0 Å². The van der Waals surface area contributed by atoms with E-state index in [1.165, 1.54) is 0 Å². The van der Waals surface area contributed by atoms with Gasteiger partial charge in [-0.25, -0.2) is 9.59 Å². The molecule has 0 aliphatic heterocycles. The second-order valence-electron chi connectivity index (χ2n) is 5.74. The lowest BCUT2D eigenvalue weighted by Gasteiger charge is -2.29. The minimum atomic E-state index is -1.07. The number of carbonyl (C=O) groups excluding carboxylic acids is 1. The summed E-state index contributed by atoms with van der Waals surface area (Å²) in [6, 6.07) is -0.343. The Morgan fingerprint density at radius 3 is 2.33 bits per heavy atom. The fraction of sp³-hybridized carbons (Fsp3) is 0.867. The molecule has 0 saturated heterocycles. The SMILES string of the molecule is CSCCCCCNC(=O)NC1(C(=O)O)CCCCCC1. The van der Waals surface area contributed by atoms with Gasteiger partial charge < -0.3 is 15.7 Å². The highest BCUT2D eigenvalue weighted by atomic mass is 32.2. The van der Waals surface area contributed by atoms with E-state index < -0.39 is 11.5 Å². The molecule has 0 aromatic rings. The number of amides is 2. The van der Waals surface area contributed by atoms with E-state index in [9.17, 15) is 14.7 Å². The first-order chi connectivity index (χ1) is 10.1. The molecular formula is C15H28N2O3S. The topological polar surface area (TPSA) is 78.4 Å². The van der Waals surface area contributed by atoms with Crippen molar-refractivity contribution < 1.29 is 14.7 Å². The molecule has 122 valence electrons. The van der Waals surface area contributed by atoms with Crippen molar-refractivity contribution in [3.05, 3.63) is 0 Å². The fourth-order valence-corrected chi connectivity index (χ4v) is 3.23. The van der Waals surface area contributed by atoms with Gasteiger partial charge in [0.25, 0.3) is 0 Å². The number of rotatable bonds is 8. The summed E-state index contributed by atoms with van der Waals surface area (Å²) in [5.74, 6) is 0.244. The Balaban J connectivity index is 2.33. The van der Waals surface area contributed by atoms with Crippen LogP contribution in [-0.4, -0.2) is 41.2 Å². The lowest BCUT2D eigenvalue weighted by atomic mass is 9.90. The van der Waals surface area contributed by atoms with Gasteiger partial charge in [0.05, 0.1) is 0 Å². The number of unbranched alkanes of at least 4 members (excludes halogenated alkanes) is 2. The smallest absolute Gasteiger partial charge is 0.329 e. The Bertz CT molecular complexity index is 329. The van der Waals surface area contributed by atoms with Crippen molar-refractivity contribution in [3.8, 4) is 0 Å². The van der Waals surface area contributed by atoms with Gasteiger partial charge in [-0.1, -0.05) is 32.1 Å². The van der Waals surface area contributed by atoms with Crippen LogP contribution in [-0.2, 0) is 4.79 Å².